The van der Waals surface area contributed by atoms with Crippen molar-refractivity contribution in [2.24, 2.45) is 5.73 Å². The van der Waals surface area contributed by atoms with Gasteiger partial charge in [-0.15, -0.1) is 11.3 Å². The SMILES string of the molecule is NCCNC(=O)[C@H]1CC(N(Cc2ccc(F)cc2)C2CC2)CCN1C(=O)c1cccs1. The van der Waals surface area contributed by atoms with Crippen molar-refractivity contribution in [3.05, 3.63) is 58.0 Å². The minimum Gasteiger partial charge on any atom is -0.353 e. The molecule has 2 heterocycles. The van der Waals surface area contributed by atoms with Gasteiger partial charge in [-0.1, -0.05) is 18.2 Å². The van der Waals surface area contributed by atoms with Crippen molar-refractivity contribution in [1.29, 1.82) is 0 Å². The van der Waals surface area contributed by atoms with Gasteiger partial charge in [-0.25, -0.2) is 4.39 Å². The molecule has 2 amide bonds. The fraction of sp³-hybridized carbons (Fsp3) is 0.478. The van der Waals surface area contributed by atoms with Crippen molar-refractivity contribution in [2.75, 3.05) is 19.6 Å². The van der Waals surface area contributed by atoms with Crippen LogP contribution in [0.4, 0.5) is 4.39 Å². The van der Waals surface area contributed by atoms with E-state index in [9.17, 15) is 14.0 Å². The Labute approximate surface area is 186 Å². The number of piperidine rings is 1. The number of thiophene rings is 1. The summed E-state index contributed by atoms with van der Waals surface area (Å²) in [6.45, 7) is 2.02. The number of rotatable bonds is 8. The molecular weight excluding hydrogens is 415 g/mol. The third-order valence-electron chi connectivity index (χ3n) is 6.08. The Morgan fingerprint density at radius 2 is 1.94 bits per heavy atom. The zero-order chi connectivity index (χ0) is 21.8. The number of amides is 2. The van der Waals surface area contributed by atoms with Crippen LogP contribution in [0.5, 0.6) is 0 Å². The summed E-state index contributed by atoms with van der Waals surface area (Å²) in [5, 5.41) is 4.75. The van der Waals surface area contributed by atoms with Crippen molar-refractivity contribution in [3.63, 3.8) is 0 Å². The van der Waals surface area contributed by atoms with Crippen LogP contribution in [0, 0.1) is 5.82 Å². The lowest BCUT2D eigenvalue weighted by molar-refractivity contribution is -0.127. The van der Waals surface area contributed by atoms with Crippen molar-refractivity contribution in [1.82, 2.24) is 15.1 Å². The molecule has 1 unspecified atom stereocenters. The fourth-order valence-corrected chi connectivity index (χ4v) is 5.04. The molecule has 1 aromatic carbocycles. The Bertz CT molecular complexity index is 885. The van der Waals surface area contributed by atoms with Crippen molar-refractivity contribution >= 4 is 23.2 Å². The monoisotopic (exact) mass is 444 g/mol. The van der Waals surface area contributed by atoms with Gasteiger partial charge >= 0.3 is 0 Å². The Kier molecular flexibility index (Phi) is 6.99. The Balaban J connectivity index is 1.51. The maximum Gasteiger partial charge on any atom is 0.264 e. The molecule has 1 aromatic heterocycles. The number of hydrogen-bond donors (Lipinski definition) is 2. The molecule has 1 saturated heterocycles. The summed E-state index contributed by atoms with van der Waals surface area (Å²) >= 11 is 1.40. The standard InChI is InChI=1S/C23H29FN4O2S/c24-17-5-3-16(4-6-17)15-28(18-7-8-18)19-9-12-27(23(30)21-2-1-13-31-21)20(14-19)22(29)26-11-10-25/h1-6,13,18-20H,7-12,14-15,25H2,(H,26,29)/t19?,20-/m1/s1. The van der Waals surface area contributed by atoms with Crippen molar-refractivity contribution < 1.29 is 14.0 Å². The van der Waals surface area contributed by atoms with E-state index in [-0.39, 0.29) is 23.7 Å². The summed E-state index contributed by atoms with van der Waals surface area (Å²) in [7, 11) is 0. The molecule has 1 saturated carbocycles. The summed E-state index contributed by atoms with van der Waals surface area (Å²) in [6.07, 6.45) is 3.68. The summed E-state index contributed by atoms with van der Waals surface area (Å²) < 4.78 is 13.3. The Hall–Kier alpha value is -2.29. The summed E-state index contributed by atoms with van der Waals surface area (Å²) in [5.74, 6) is -0.464. The topological polar surface area (TPSA) is 78.7 Å². The lowest BCUT2D eigenvalue weighted by Crippen LogP contribution is -2.57. The number of nitrogens with zero attached hydrogens (tertiary/aromatic N) is 2. The van der Waals surface area contributed by atoms with Gasteiger partial charge in [-0.3, -0.25) is 14.5 Å². The van der Waals surface area contributed by atoms with Gasteiger partial charge in [0.15, 0.2) is 0 Å². The molecule has 2 aliphatic rings. The number of hydrogen-bond acceptors (Lipinski definition) is 5. The number of halogens is 1. The van der Waals surface area contributed by atoms with E-state index in [2.05, 4.69) is 10.2 Å². The zero-order valence-corrected chi connectivity index (χ0v) is 18.3. The summed E-state index contributed by atoms with van der Waals surface area (Å²) in [5.41, 5.74) is 6.63. The number of benzene rings is 1. The molecule has 0 bridgehead atoms. The van der Waals surface area contributed by atoms with Gasteiger partial charge in [-0.05, 0) is 54.8 Å². The average molecular weight is 445 g/mol. The molecule has 2 fully saturated rings. The highest BCUT2D eigenvalue weighted by Gasteiger charge is 2.42. The minimum absolute atomic E-state index is 0.0853. The maximum absolute atomic E-state index is 13.3. The third kappa shape index (κ3) is 5.31. The van der Waals surface area contributed by atoms with Gasteiger partial charge in [0.25, 0.3) is 5.91 Å². The Morgan fingerprint density at radius 3 is 2.58 bits per heavy atom. The predicted octanol–water partition coefficient (Wildman–Crippen LogP) is 2.60. The van der Waals surface area contributed by atoms with Gasteiger partial charge in [-0.2, -0.15) is 0 Å². The van der Waals surface area contributed by atoms with Gasteiger partial charge in [0.1, 0.15) is 11.9 Å². The van der Waals surface area contributed by atoms with Gasteiger partial charge < -0.3 is 16.0 Å². The molecule has 3 N–H and O–H groups in total. The normalized spacial score (nSPS) is 21.3. The minimum atomic E-state index is -0.519. The molecule has 1 aliphatic heterocycles. The lowest BCUT2D eigenvalue weighted by Gasteiger charge is -2.43. The second-order valence-corrected chi connectivity index (χ2v) is 9.23. The quantitative estimate of drug-likeness (QED) is 0.656. The molecule has 0 spiro atoms. The van der Waals surface area contributed by atoms with Crippen LogP contribution in [0.3, 0.4) is 0 Å². The first-order valence-corrected chi connectivity index (χ1v) is 11.8. The van der Waals surface area contributed by atoms with E-state index in [0.29, 0.717) is 37.0 Å². The highest BCUT2D eigenvalue weighted by atomic mass is 32.1. The number of carbonyl (C=O) groups is 2. The van der Waals surface area contributed by atoms with Crippen molar-refractivity contribution in [2.45, 2.75) is 50.4 Å². The first kappa shape index (κ1) is 21.9. The molecule has 31 heavy (non-hydrogen) atoms. The fourth-order valence-electron chi connectivity index (χ4n) is 4.36. The van der Waals surface area contributed by atoms with Crippen LogP contribution in [0.2, 0.25) is 0 Å². The molecule has 2 aromatic rings. The van der Waals surface area contributed by atoms with Crippen LogP contribution >= 0.6 is 11.3 Å². The van der Waals surface area contributed by atoms with Crippen LogP contribution in [0.1, 0.15) is 40.9 Å². The van der Waals surface area contributed by atoms with E-state index < -0.39 is 6.04 Å². The third-order valence-corrected chi connectivity index (χ3v) is 6.93. The predicted molar refractivity (Wildman–Crippen MR) is 119 cm³/mol. The second kappa shape index (κ2) is 9.89. The molecule has 6 nitrogen and oxygen atoms in total. The van der Waals surface area contributed by atoms with Gasteiger partial charge in [0.2, 0.25) is 5.91 Å². The van der Waals surface area contributed by atoms with Crippen LogP contribution in [0.15, 0.2) is 41.8 Å². The average Bonchev–Trinajstić information content (AvgIpc) is 3.48. The van der Waals surface area contributed by atoms with E-state index in [4.69, 9.17) is 5.73 Å². The summed E-state index contributed by atoms with van der Waals surface area (Å²) in [4.78, 5) is 30.9. The van der Waals surface area contributed by atoms with Crippen molar-refractivity contribution in [3.8, 4) is 0 Å². The number of carbonyl (C=O) groups excluding carboxylic acids is 2. The summed E-state index contributed by atoms with van der Waals surface area (Å²) in [6, 6.07) is 10.5. The van der Waals surface area contributed by atoms with E-state index in [1.165, 1.54) is 23.5 Å². The van der Waals surface area contributed by atoms with Gasteiger partial charge in [0, 0.05) is 38.3 Å². The van der Waals surface area contributed by atoms with E-state index in [1.807, 2.05) is 23.6 Å². The Morgan fingerprint density at radius 1 is 1.16 bits per heavy atom. The van der Waals surface area contributed by atoms with E-state index >= 15 is 0 Å². The van der Waals surface area contributed by atoms with Crippen LogP contribution in [0.25, 0.3) is 0 Å². The molecule has 4 rings (SSSR count). The smallest absolute Gasteiger partial charge is 0.264 e. The van der Waals surface area contributed by atoms with E-state index in [0.717, 1.165) is 31.4 Å². The lowest BCUT2D eigenvalue weighted by atomic mass is 9.94. The molecular formula is C23H29FN4O2S. The molecule has 0 radical (unpaired) electrons. The maximum atomic E-state index is 13.3. The highest BCUT2D eigenvalue weighted by molar-refractivity contribution is 7.12. The van der Waals surface area contributed by atoms with Gasteiger partial charge in [0.05, 0.1) is 4.88 Å². The molecule has 166 valence electrons. The van der Waals surface area contributed by atoms with Crippen LogP contribution in [-0.2, 0) is 11.3 Å². The largest absolute Gasteiger partial charge is 0.353 e. The number of likely N-dealkylation sites (tertiary alicyclic amines) is 1. The first-order chi connectivity index (χ1) is 15.1. The molecule has 1 aliphatic carbocycles. The second-order valence-electron chi connectivity index (χ2n) is 8.28. The van der Waals surface area contributed by atoms with Crippen LogP contribution < -0.4 is 11.1 Å². The number of nitrogens with two attached hydrogens (primary N) is 1. The zero-order valence-electron chi connectivity index (χ0n) is 17.5. The molecule has 2 atom stereocenters. The highest BCUT2D eigenvalue weighted by Crippen LogP contribution is 2.35. The van der Waals surface area contributed by atoms with E-state index in [1.54, 1.807) is 11.0 Å². The van der Waals surface area contributed by atoms with Crippen LogP contribution in [-0.4, -0.2) is 59.4 Å². The molecule has 8 heteroatoms. The number of nitrogens with one attached hydrogen (secondary N) is 1. The first-order valence-electron chi connectivity index (χ1n) is 10.9.